The van der Waals surface area contributed by atoms with E-state index in [0.29, 0.717) is 0 Å². The average Bonchev–Trinajstić information content (AvgIpc) is 3.27. The highest BCUT2D eigenvalue weighted by molar-refractivity contribution is 6.02. The van der Waals surface area contributed by atoms with Gasteiger partial charge in [0, 0.05) is 5.56 Å². The fraction of sp³-hybridized carbons (Fsp3) is 0.176. The van der Waals surface area contributed by atoms with Crippen LogP contribution in [0.1, 0.15) is 34.8 Å². The molecule has 0 saturated carbocycles. The molecule has 2 heterocycles. The second-order valence-corrected chi connectivity index (χ2v) is 5.58. The largest absolute Gasteiger partial charge is 0.480 e. The third kappa shape index (κ3) is 5.93. The van der Waals surface area contributed by atoms with Gasteiger partial charge >= 0.3 is 35.8 Å². The van der Waals surface area contributed by atoms with Crippen LogP contribution in [-0.2, 0) is 28.8 Å². The van der Waals surface area contributed by atoms with Crippen molar-refractivity contribution in [1.82, 2.24) is 0 Å². The molecule has 0 aliphatic rings. The van der Waals surface area contributed by atoms with Gasteiger partial charge in [0.2, 0.25) is 11.8 Å². The zero-order valence-corrected chi connectivity index (χ0v) is 15.1. The molecule has 0 bridgehead atoms. The topological polar surface area (TPSA) is 250 Å². The Morgan fingerprint density at radius 1 is 0.581 bits per heavy atom. The maximum Gasteiger partial charge on any atom is 0.325 e. The monoisotopic (exact) mass is 442 g/mol. The van der Waals surface area contributed by atoms with Gasteiger partial charge in [0.05, 0.1) is 12.5 Å². The Labute approximate surface area is 170 Å². The molecule has 0 aliphatic heterocycles. The highest BCUT2D eigenvalue weighted by Gasteiger charge is 2.39. The molecular weight excluding hydrogens is 428 g/mol. The van der Waals surface area contributed by atoms with E-state index in [9.17, 15) is 28.8 Å². The number of furan rings is 2. The molecule has 0 aromatic carbocycles. The minimum Gasteiger partial charge on any atom is -0.480 e. The Hall–Kier alpha value is -4.62. The molecule has 2 aromatic rings. The van der Waals surface area contributed by atoms with Gasteiger partial charge in [0.15, 0.2) is 5.92 Å². The third-order valence-corrected chi connectivity index (χ3v) is 3.61. The second kappa shape index (κ2) is 10.2. The average molecular weight is 442 g/mol. The lowest BCUT2D eigenvalue weighted by Crippen LogP contribution is -2.26. The number of carboxylic acids is 6. The maximum absolute atomic E-state index is 10.8. The molecule has 0 spiro atoms. The van der Waals surface area contributed by atoms with Gasteiger partial charge < -0.3 is 39.5 Å². The quantitative estimate of drug-likeness (QED) is 0.286. The Bertz CT molecular complexity index is 894. The van der Waals surface area contributed by atoms with E-state index < -0.39 is 64.9 Å². The maximum atomic E-state index is 10.8. The van der Waals surface area contributed by atoms with Gasteiger partial charge in [0.25, 0.3) is 0 Å². The molecule has 0 saturated heterocycles. The second-order valence-electron chi connectivity index (χ2n) is 5.58. The van der Waals surface area contributed by atoms with Crippen LogP contribution in [0.15, 0.2) is 39.6 Å². The van der Waals surface area contributed by atoms with Crippen molar-refractivity contribution >= 4 is 35.8 Å². The van der Waals surface area contributed by atoms with Crippen molar-refractivity contribution in [2.75, 3.05) is 0 Å². The van der Waals surface area contributed by atoms with Crippen LogP contribution < -0.4 is 0 Å². The molecule has 2 rings (SSSR count). The summed E-state index contributed by atoms with van der Waals surface area (Å²) in [5, 5.41) is 52.0. The SMILES string of the molecule is O=C(O)C(C(=O)O)c1ccco1.O=C(O)C(C(=O)O)c1ccoc1C(C(=O)O)C(=O)O. The Balaban J connectivity index is 0.000000343. The van der Waals surface area contributed by atoms with E-state index in [0.717, 1.165) is 12.3 Å². The Morgan fingerprint density at radius 2 is 1.03 bits per heavy atom. The standard InChI is InChI=1S/C10H8O9.C7H6O5/c11-7(12)4(8(13)14)3-1-2-19-6(3)5(9(15)16)10(17)18;8-6(9)5(7(10)11)4-2-1-3-12-4/h1-2,4-5H,(H,11,12)(H,13,14)(H,15,16)(H,17,18);1-3,5H,(H,8,9)(H,10,11). The first-order valence-corrected chi connectivity index (χ1v) is 7.87. The molecule has 14 heteroatoms. The fourth-order valence-electron chi connectivity index (χ4n) is 2.31. The summed E-state index contributed by atoms with van der Waals surface area (Å²) in [6.45, 7) is 0. The van der Waals surface area contributed by atoms with E-state index in [1.807, 2.05) is 0 Å². The minimum absolute atomic E-state index is 0.0741. The molecule has 0 aliphatic carbocycles. The summed E-state index contributed by atoms with van der Waals surface area (Å²) >= 11 is 0. The summed E-state index contributed by atoms with van der Waals surface area (Å²) in [7, 11) is 0. The molecule has 0 fully saturated rings. The third-order valence-electron chi connectivity index (χ3n) is 3.61. The van der Waals surface area contributed by atoms with Gasteiger partial charge in [0.1, 0.15) is 11.5 Å². The summed E-state index contributed by atoms with van der Waals surface area (Å²) in [4.78, 5) is 64.1. The fourth-order valence-corrected chi connectivity index (χ4v) is 2.31. The molecule has 2 aromatic heterocycles. The summed E-state index contributed by atoms with van der Waals surface area (Å²) in [5.74, 6) is -16.7. The number of carboxylic acid groups (broad SMARTS) is 6. The van der Waals surface area contributed by atoms with Gasteiger partial charge in [-0.05, 0) is 18.2 Å². The van der Waals surface area contributed by atoms with Gasteiger partial charge in [-0.3, -0.25) is 28.8 Å². The van der Waals surface area contributed by atoms with Crippen molar-refractivity contribution in [3.05, 3.63) is 47.8 Å². The number of rotatable bonds is 9. The van der Waals surface area contributed by atoms with Crippen molar-refractivity contribution in [3.8, 4) is 0 Å². The lowest BCUT2D eigenvalue weighted by molar-refractivity contribution is -0.153. The summed E-state index contributed by atoms with van der Waals surface area (Å²) in [5.41, 5.74) is -0.519. The first kappa shape index (κ1) is 24.4. The minimum atomic E-state index is -2.17. The van der Waals surface area contributed by atoms with Crippen LogP contribution in [0.2, 0.25) is 0 Å². The van der Waals surface area contributed by atoms with E-state index in [4.69, 9.17) is 30.6 Å². The van der Waals surface area contributed by atoms with Crippen LogP contribution in [0, 0.1) is 0 Å². The van der Waals surface area contributed by atoms with Crippen LogP contribution in [0.3, 0.4) is 0 Å². The normalized spacial score (nSPS) is 10.4. The van der Waals surface area contributed by atoms with E-state index in [1.165, 1.54) is 18.4 Å². The van der Waals surface area contributed by atoms with Crippen molar-refractivity contribution in [1.29, 1.82) is 0 Å². The highest BCUT2D eigenvalue weighted by atomic mass is 16.4. The van der Waals surface area contributed by atoms with E-state index >= 15 is 0 Å². The van der Waals surface area contributed by atoms with Gasteiger partial charge in [-0.25, -0.2) is 0 Å². The first-order valence-electron chi connectivity index (χ1n) is 7.87. The molecule has 14 nitrogen and oxygen atoms in total. The van der Waals surface area contributed by atoms with E-state index in [-0.39, 0.29) is 5.76 Å². The molecule has 0 atom stereocenters. The number of hydrogen-bond donors (Lipinski definition) is 6. The highest BCUT2D eigenvalue weighted by Crippen LogP contribution is 2.29. The van der Waals surface area contributed by atoms with Crippen molar-refractivity contribution < 1.29 is 68.2 Å². The van der Waals surface area contributed by atoms with Crippen molar-refractivity contribution in [2.24, 2.45) is 0 Å². The molecule has 166 valence electrons. The van der Waals surface area contributed by atoms with Gasteiger partial charge in [-0.1, -0.05) is 0 Å². The van der Waals surface area contributed by atoms with Crippen LogP contribution >= 0.6 is 0 Å². The molecule has 0 amide bonds. The van der Waals surface area contributed by atoms with Crippen molar-refractivity contribution in [2.45, 2.75) is 17.8 Å². The molecule has 0 radical (unpaired) electrons. The number of carbonyl (C=O) groups is 6. The van der Waals surface area contributed by atoms with Crippen LogP contribution in [0.25, 0.3) is 0 Å². The van der Waals surface area contributed by atoms with Crippen LogP contribution in [-0.4, -0.2) is 66.5 Å². The summed E-state index contributed by atoms with van der Waals surface area (Å²) in [6, 6.07) is 3.67. The Morgan fingerprint density at radius 3 is 1.39 bits per heavy atom. The predicted molar refractivity (Wildman–Crippen MR) is 91.5 cm³/mol. The lowest BCUT2D eigenvalue weighted by atomic mass is 9.94. The smallest absolute Gasteiger partial charge is 0.325 e. The van der Waals surface area contributed by atoms with E-state index in [1.54, 1.807) is 0 Å². The predicted octanol–water partition coefficient (Wildman–Crippen LogP) is 0.318. The van der Waals surface area contributed by atoms with Crippen LogP contribution in [0.5, 0.6) is 0 Å². The first-order chi connectivity index (χ1) is 14.4. The summed E-state index contributed by atoms with van der Waals surface area (Å²) < 4.78 is 9.30. The molecule has 31 heavy (non-hydrogen) atoms. The number of aliphatic carboxylic acids is 6. The van der Waals surface area contributed by atoms with Gasteiger partial charge in [-0.2, -0.15) is 0 Å². The van der Waals surface area contributed by atoms with E-state index in [2.05, 4.69) is 8.83 Å². The Kier molecular flexibility index (Phi) is 8.07. The summed E-state index contributed by atoms with van der Waals surface area (Å²) in [6.07, 6.45) is 2.07. The zero-order chi connectivity index (χ0) is 23.9. The van der Waals surface area contributed by atoms with Crippen molar-refractivity contribution in [3.63, 3.8) is 0 Å². The van der Waals surface area contributed by atoms with Gasteiger partial charge in [-0.15, -0.1) is 0 Å². The number of hydrogen-bond acceptors (Lipinski definition) is 8. The van der Waals surface area contributed by atoms with Crippen LogP contribution in [0.4, 0.5) is 0 Å². The molecular formula is C17H14O14. The lowest BCUT2D eigenvalue weighted by Gasteiger charge is -2.10. The zero-order valence-electron chi connectivity index (χ0n) is 15.1. The molecule has 0 unspecified atom stereocenters. The molecule has 6 N–H and O–H groups in total.